The Labute approximate surface area is 94.6 Å². The number of carbonyl (C=O) groups is 1. The zero-order valence-electron chi connectivity index (χ0n) is 9.25. The van der Waals surface area contributed by atoms with E-state index in [0.717, 1.165) is 0 Å². The van der Waals surface area contributed by atoms with E-state index in [4.69, 9.17) is 5.11 Å². The summed E-state index contributed by atoms with van der Waals surface area (Å²) in [5.74, 6) is -1.71. The molecule has 0 spiro atoms. The van der Waals surface area contributed by atoms with Crippen LogP contribution in [-0.4, -0.2) is 54.3 Å². The van der Waals surface area contributed by atoms with Crippen molar-refractivity contribution < 1.29 is 23.4 Å². The van der Waals surface area contributed by atoms with Crippen molar-refractivity contribution in [3.63, 3.8) is 0 Å². The van der Waals surface area contributed by atoms with Crippen molar-refractivity contribution in [3.8, 4) is 0 Å². The van der Waals surface area contributed by atoms with E-state index in [2.05, 4.69) is 5.32 Å². The fourth-order valence-corrected chi connectivity index (χ4v) is 3.52. The SMILES string of the molecule is CC(C)[C@H](N[C@H]1CS(=O)(=O)C[C@@H]1O)C(=O)O. The van der Waals surface area contributed by atoms with Gasteiger partial charge in [-0.05, 0) is 5.92 Å². The third kappa shape index (κ3) is 3.16. The van der Waals surface area contributed by atoms with E-state index < -0.39 is 34.0 Å². The molecule has 7 heteroatoms. The van der Waals surface area contributed by atoms with Crippen molar-refractivity contribution >= 4 is 15.8 Å². The topological polar surface area (TPSA) is 104 Å². The van der Waals surface area contributed by atoms with Crippen LogP contribution in [0.1, 0.15) is 13.8 Å². The van der Waals surface area contributed by atoms with Crippen LogP contribution >= 0.6 is 0 Å². The third-order valence-electron chi connectivity index (χ3n) is 2.65. The summed E-state index contributed by atoms with van der Waals surface area (Å²) in [5, 5.41) is 21.1. The van der Waals surface area contributed by atoms with Crippen molar-refractivity contribution in [2.24, 2.45) is 5.92 Å². The molecule has 16 heavy (non-hydrogen) atoms. The fraction of sp³-hybridized carbons (Fsp3) is 0.889. The van der Waals surface area contributed by atoms with Crippen molar-refractivity contribution in [1.82, 2.24) is 5.32 Å². The standard InChI is InChI=1S/C9H17NO5S/c1-5(2)8(9(12)13)10-6-3-16(14,15)4-7(6)11/h5-8,10-11H,3-4H2,1-2H3,(H,12,13)/t6-,7-,8-/m0/s1. The lowest BCUT2D eigenvalue weighted by Crippen LogP contribution is -2.50. The van der Waals surface area contributed by atoms with Crippen molar-refractivity contribution in [2.45, 2.75) is 32.0 Å². The first-order chi connectivity index (χ1) is 7.23. The summed E-state index contributed by atoms with van der Waals surface area (Å²) in [6.07, 6.45) is -1.02. The quantitative estimate of drug-likeness (QED) is 0.582. The van der Waals surface area contributed by atoms with Gasteiger partial charge in [0, 0.05) is 6.04 Å². The molecule has 1 fully saturated rings. The fourth-order valence-electron chi connectivity index (χ4n) is 1.77. The van der Waals surface area contributed by atoms with E-state index in [1.165, 1.54) is 0 Å². The Morgan fingerprint density at radius 3 is 2.25 bits per heavy atom. The molecule has 1 rings (SSSR count). The minimum Gasteiger partial charge on any atom is -0.480 e. The first-order valence-corrected chi connectivity index (χ1v) is 6.92. The highest BCUT2D eigenvalue weighted by atomic mass is 32.2. The van der Waals surface area contributed by atoms with Crippen LogP contribution < -0.4 is 5.32 Å². The summed E-state index contributed by atoms with van der Waals surface area (Å²) in [6, 6.07) is -1.53. The molecule has 1 aliphatic rings. The summed E-state index contributed by atoms with van der Waals surface area (Å²) in [6.45, 7) is 3.45. The average Bonchev–Trinajstić information content (AvgIpc) is 2.34. The van der Waals surface area contributed by atoms with Gasteiger partial charge >= 0.3 is 5.97 Å². The maximum absolute atomic E-state index is 11.2. The van der Waals surface area contributed by atoms with Gasteiger partial charge in [-0.3, -0.25) is 10.1 Å². The highest BCUT2D eigenvalue weighted by Gasteiger charge is 2.39. The van der Waals surface area contributed by atoms with Crippen molar-refractivity contribution in [1.29, 1.82) is 0 Å². The van der Waals surface area contributed by atoms with Gasteiger partial charge in [0.2, 0.25) is 0 Å². The first kappa shape index (κ1) is 13.4. The van der Waals surface area contributed by atoms with Gasteiger partial charge in [0.1, 0.15) is 6.04 Å². The summed E-state index contributed by atoms with van der Waals surface area (Å²) in [4.78, 5) is 10.9. The molecular formula is C9H17NO5S. The second-order valence-corrected chi connectivity index (χ2v) is 6.63. The van der Waals surface area contributed by atoms with E-state index in [1.807, 2.05) is 0 Å². The number of hydrogen-bond donors (Lipinski definition) is 3. The van der Waals surface area contributed by atoms with Crippen LogP contribution in [0.2, 0.25) is 0 Å². The van der Waals surface area contributed by atoms with Gasteiger partial charge in [-0.2, -0.15) is 0 Å². The van der Waals surface area contributed by atoms with Gasteiger partial charge in [0.15, 0.2) is 9.84 Å². The summed E-state index contributed by atoms with van der Waals surface area (Å²) in [7, 11) is -3.25. The molecule has 0 saturated carbocycles. The van der Waals surface area contributed by atoms with E-state index >= 15 is 0 Å². The molecular weight excluding hydrogens is 234 g/mol. The Kier molecular flexibility index (Phi) is 3.92. The Hall–Kier alpha value is -0.660. The molecule has 0 unspecified atom stereocenters. The number of aliphatic carboxylic acids is 1. The molecule has 0 bridgehead atoms. The smallest absolute Gasteiger partial charge is 0.320 e. The van der Waals surface area contributed by atoms with Crippen LogP contribution in [0.3, 0.4) is 0 Å². The maximum atomic E-state index is 11.2. The Morgan fingerprint density at radius 2 is 1.94 bits per heavy atom. The largest absolute Gasteiger partial charge is 0.480 e. The Morgan fingerprint density at radius 1 is 1.38 bits per heavy atom. The van der Waals surface area contributed by atoms with Gasteiger partial charge in [-0.15, -0.1) is 0 Å². The van der Waals surface area contributed by atoms with E-state index in [1.54, 1.807) is 13.8 Å². The van der Waals surface area contributed by atoms with Crippen LogP contribution in [0.4, 0.5) is 0 Å². The average molecular weight is 251 g/mol. The Balaban J connectivity index is 2.70. The lowest BCUT2D eigenvalue weighted by Gasteiger charge is -2.23. The zero-order valence-corrected chi connectivity index (χ0v) is 10.1. The van der Waals surface area contributed by atoms with Gasteiger partial charge in [0.05, 0.1) is 17.6 Å². The summed E-state index contributed by atoms with van der Waals surface area (Å²) < 4.78 is 22.5. The molecule has 0 aromatic rings. The number of carboxylic acid groups (broad SMARTS) is 1. The number of carboxylic acids is 1. The molecule has 0 radical (unpaired) electrons. The molecule has 3 atom stereocenters. The zero-order chi connectivity index (χ0) is 12.5. The predicted molar refractivity (Wildman–Crippen MR) is 57.8 cm³/mol. The van der Waals surface area contributed by atoms with E-state index in [9.17, 15) is 18.3 Å². The molecule has 94 valence electrons. The molecule has 1 saturated heterocycles. The lowest BCUT2D eigenvalue weighted by atomic mass is 10.0. The second kappa shape index (κ2) is 4.68. The number of aliphatic hydroxyl groups excluding tert-OH is 1. The molecule has 3 N–H and O–H groups in total. The minimum absolute atomic E-state index is 0.173. The monoisotopic (exact) mass is 251 g/mol. The number of hydrogen-bond acceptors (Lipinski definition) is 5. The van der Waals surface area contributed by atoms with Crippen molar-refractivity contribution in [3.05, 3.63) is 0 Å². The molecule has 1 heterocycles. The van der Waals surface area contributed by atoms with Crippen LogP contribution in [0, 0.1) is 5.92 Å². The van der Waals surface area contributed by atoms with Gasteiger partial charge in [-0.1, -0.05) is 13.8 Å². The number of aliphatic hydroxyl groups is 1. The molecule has 1 aliphatic heterocycles. The van der Waals surface area contributed by atoms with Crippen LogP contribution in [0.15, 0.2) is 0 Å². The normalized spacial score (nSPS) is 30.5. The molecule has 6 nitrogen and oxygen atoms in total. The highest BCUT2D eigenvalue weighted by molar-refractivity contribution is 7.91. The van der Waals surface area contributed by atoms with E-state index in [0.29, 0.717) is 0 Å². The van der Waals surface area contributed by atoms with Crippen LogP contribution in [-0.2, 0) is 14.6 Å². The van der Waals surface area contributed by atoms with Gasteiger partial charge in [0.25, 0.3) is 0 Å². The second-order valence-electron chi connectivity index (χ2n) is 4.48. The predicted octanol–water partition coefficient (Wildman–Crippen LogP) is -1.16. The lowest BCUT2D eigenvalue weighted by molar-refractivity contribution is -0.141. The van der Waals surface area contributed by atoms with E-state index in [-0.39, 0.29) is 17.4 Å². The van der Waals surface area contributed by atoms with Crippen LogP contribution in [0.25, 0.3) is 0 Å². The first-order valence-electron chi connectivity index (χ1n) is 5.10. The molecule has 0 amide bonds. The summed E-state index contributed by atoms with van der Waals surface area (Å²) in [5.41, 5.74) is 0. The van der Waals surface area contributed by atoms with Gasteiger partial charge in [-0.25, -0.2) is 8.42 Å². The minimum atomic E-state index is -3.25. The molecule has 0 aromatic carbocycles. The Bertz CT molecular complexity index is 364. The number of rotatable bonds is 4. The summed E-state index contributed by atoms with van der Waals surface area (Å²) >= 11 is 0. The molecule has 0 aromatic heterocycles. The third-order valence-corrected chi connectivity index (χ3v) is 4.37. The molecule has 0 aliphatic carbocycles. The van der Waals surface area contributed by atoms with Crippen LogP contribution in [0.5, 0.6) is 0 Å². The number of sulfone groups is 1. The maximum Gasteiger partial charge on any atom is 0.320 e. The highest BCUT2D eigenvalue weighted by Crippen LogP contribution is 2.14. The van der Waals surface area contributed by atoms with Crippen molar-refractivity contribution in [2.75, 3.05) is 11.5 Å². The van der Waals surface area contributed by atoms with Gasteiger partial charge < -0.3 is 10.2 Å². The number of nitrogens with one attached hydrogen (secondary N) is 1.